The van der Waals surface area contributed by atoms with E-state index < -0.39 is 6.04 Å². The summed E-state index contributed by atoms with van der Waals surface area (Å²) in [5.41, 5.74) is 2.23. The maximum atomic E-state index is 10.6. The first kappa shape index (κ1) is 13.6. The lowest BCUT2D eigenvalue weighted by atomic mass is 9.98. The van der Waals surface area contributed by atoms with Gasteiger partial charge in [0.1, 0.15) is 0 Å². The number of para-hydroxylation sites is 1. The van der Waals surface area contributed by atoms with Crippen LogP contribution >= 0.6 is 0 Å². The van der Waals surface area contributed by atoms with Crippen LogP contribution in [0.25, 0.3) is 0 Å². The van der Waals surface area contributed by atoms with E-state index in [2.05, 4.69) is 9.98 Å². The van der Waals surface area contributed by atoms with Gasteiger partial charge in [-0.15, -0.1) is 0 Å². The molecule has 0 N–H and O–H groups in total. The van der Waals surface area contributed by atoms with E-state index in [1.807, 2.05) is 36.4 Å². The van der Waals surface area contributed by atoms with E-state index in [4.69, 9.17) is 0 Å². The van der Waals surface area contributed by atoms with Crippen LogP contribution in [-0.2, 0) is 16.0 Å². The number of carbonyl (C=O) groups excluding carboxylic acids is 2. The number of hydrogen-bond acceptors (Lipinski definition) is 4. The van der Waals surface area contributed by atoms with Gasteiger partial charge in [-0.05, 0) is 18.1 Å². The monoisotopic (exact) mass is 264 g/mol. The zero-order chi connectivity index (χ0) is 14.2. The Morgan fingerprint density at radius 3 is 2.30 bits per heavy atom. The van der Waals surface area contributed by atoms with Gasteiger partial charge in [-0.3, -0.25) is 0 Å². The summed E-state index contributed by atoms with van der Waals surface area (Å²) >= 11 is 0. The average Bonchev–Trinajstić information content (AvgIpc) is 2.49. The van der Waals surface area contributed by atoms with Gasteiger partial charge in [0, 0.05) is 5.56 Å². The third-order valence-electron chi connectivity index (χ3n) is 2.94. The van der Waals surface area contributed by atoms with E-state index in [0.717, 1.165) is 5.56 Å². The highest BCUT2D eigenvalue weighted by molar-refractivity contribution is 5.55. The van der Waals surface area contributed by atoms with Crippen LogP contribution in [0.5, 0.6) is 0 Å². The summed E-state index contributed by atoms with van der Waals surface area (Å²) in [5.74, 6) is 0. The zero-order valence-electron chi connectivity index (χ0n) is 10.7. The summed E-state index contributed by atoms with van der Waals surface area (Å²) in [6, 6.07) is 16.3. The van der Waals surface area contributed by atoms with E-state index in [-0.39, 0.29) is 0 Å². The first-order chi connectivity index (χ1) is 9.85. The molecule has 2 rings (SSSR count). The fraction of sp³-hybridized carbons (Fsp3) is 0.125. The Hall–Kier alpha value is -2.80. The van der Waals surface area contributed by atoms with Gasteiger partial charge in [0.2, 0.25) is 12.2 Å². The molecule has 0 bridgehead atoms. The van der Waals surface area contributed by atoms with Crippen molar-refractivity contribution in [3.05, 3.63) is 65.7 Å². The number of benzene rings is 2. The van der Waals surface area contributed by atoms with E-state index >= 15 is 0 Å². The number of nitrogens with zero attached hydrogens (tertiary/aromatic N) is 2. The van der Waals surface area contributed by atoms with Crippen molar-refractivity contribution in [3.63, 3.8) is 0 Å². The van der Waals surface area contributed by atoms with Crippen molar-refractivity contribution in [3.8, 4) is 0 Å². The smallest absolute Gasteiger partial charge is 0.211 e. The molecule has 4 nitrogen and oxygen atoms in total. The second-order valence-corrected chi connectivity index (χ2v) is 4.19. The molecule has 20 heavy (non-hydrogen) atoms. The predicted molar refractivity (Wildman–Crippen MR) is 75.2 cm³/mol. The molecule has 0 radical (unpaired) electrons. The van der Waals surface area contributed by atoms with Gasteiger partial charge in [-0.2, -0.15) is 9.98 Å². The van der Waals surface area contributed by atoms with Gasteiger partial charge in [0.05, 0.1) is 11.7 Å². The van der Waals surface area contributed by atoms with Gasteiger partial charge in [0.15, 0.2) is 0 Å². The summed E-state index contributed by atoms with van der Waals surface area (Å²) in [6.07, 6.45) is 3.65. The van der Waals surface area contributed by atoms with Crippen LogP contribution in [0.2, 0.25) is 0 Å². The maximum absolute atomic E-state index is 10.6. The molecule has 0 fully saturated rings. The second kappa shape index (κ2) is 6.95. The first-order valence-corrected chi connectivity index (χ1v) is 6.13. The molecule has 0 amide bonds. The molecular formula is C16H12N2O2. The van der Waals surface area contributed by atoms with Crippen molar-refractivity contribution in [1.82, 2.24) is 0 Å². The lowest BCUT2D eigenvalue weighted by molar-refractivity contribution is 0.557. The van der Waals surface area contributed by atoms with Gasteiger partial charge in [-0.1, -0.05) is 48.5 Å². The lowest BCUT2D eigenvalue weighted by Gasteiger charge is -2.13. The topological polar surface area (TPSA) is 58.9 Å². The highest BCUT2D eigenvalue weighted by atomic mass is 16.1. The Morgan fingerprint density at radius 1 is 0.900 bits per heavy atom. The fourth-order valence-electron chi connectivity index (χ4n) is 2.05. The lowest BCUT2D eigenvalue weighted by Crippen LogP contribution is -2.00. The minimum atomic E-state index is -0.414. The Balaban J connectivity index is 2.39. The number of rotatable bonds is 5. The van der Waals surface area contributed by atoms with Crippen LogP contribution in [0.15, 0.2) is 64.6 Å². The molecule has 2 aromatic rings. The van der Waals surface area contributed by atoms with E-state index in [0.29, 0.717) is 17.7 Å². The van der Waals surface area contributed by atoms with Crippen LogP contribution in [-0.4, -0.2) is 12.2 Å². The minimum absolute atomic E-state index is 0.414. The van der Waals surface area contributed by atoms with Crippen molar-refractivity contribution in [2.45, 2.75) is 12.5 Å². The highest BCUT2D eigenvalue weighted by Gasteiger charge is 2.15. The number of isocyanates is 2. The number of aliphatic imine (C=N–C) groups is 2. The predicted octanol–water partition coefficient (Wildman–Crippen LogP) is 3.27. The number of hydrogen-bond donors (Lipinski definition) is 0. The van der Waals surface area contributed by atoms with E-state index in [1.165, 1.54) is 6.08 Å². The summed E-state index contributed by atoms with van der Waals surface area (Å²) in [4.78, 5) is 28.6. The quantitative estimate of drug-likeness (QED) is 0.614. The second-order valence-electron chi connectivity index (χ2n) is 4.19. The van der Waals surface area contributed by atoms with Crippen molar-refractivity contribution in [1.29, 1.82) is 0 Å². The van der Waals surface area contributed by atoms with Crippen LogP contribution < -0.4 is 0 Å². The largest absolute Gasteiger partial charge is 0.240 e. The minimum Gasteiger partial charge on any atom is -0.211 e. The first-order valence-electron chi connectivity index (χ1n) is 6.13. The van der Waals surface area contributed by atoms with Crippen LogP contribution in [0, 0.1) is 0 Å². The molecule has 2 aromatic carbocycles. The van der Waals surface area contributed by atoms with Crippen LogP contribution in [0.1, 0.15) is 17.2 Å². The highest BCUT2D eigenvalue weighted by Crippen LogP contribution is 2.30. The summed E-state index contributed by atoms with van der Waals surface area (Å²) in [6.45, 7) is 0. The molecule has 0 aliphatic rings. The molecule has 4 heteroatoms. The molecule has 0 aliphatic carbocycles. The molecular weight excluding hydrogens is 252 g/mol. The third-order valence-corrected chi connectivity index (χ3v) is 2.94. The normalized spacial score (nSPS) is 11.0. The molecule has 0 aromatic heterocycles. The standard InChI is InChI=1S/C16H12N2O2/c19-11-17-15-9-5-4-8-14(15)16(18-12-20)10-13-6-2-1-3-7-13/h1-9,16H,10H2. The Bertz CT molecular complexity index is 670. The average molecular weight is 264 g/mol. The Kier molecular flexibility index (Phi) is 4.74. The molecule has 1 atom stereocenters. The fourth-order valence-corrected chi connectivity index (χ4v) is 2.05. The van der Waals surface area contributed by atoms with Crippen molar-refractivity contribution in [2.75, 3.05) is 0 Å². The Labute approximate surface area is 116 Å². The summed E-state index contributed by atoms with van der Waals surface area (Å²) < 4.78 is 0. The van der Waals surface area contributed by atoms with E-state index in [9.17, 15) is 9.59 Å². The molecule has 0 heterocycles. The van der Waals surface area contributed by atoms with Gasteiger partial charge >= 0.3 is 0 Å². The third kappa shape index (κ3) is 3.36. The maximum Gasteiger partial charge on any atom is 0.240 e. The molecule has 98 valence electrons. The van der Waals surface area contributed by atoms with Crippen LogP contribution in [0.4, 0.5) is 5.69 Å². The SMILES string of the molecule is O=C=Nc1ccccc1C(Cc1ccccc1)N=C=O. The van der Waals surface area contributed by atoms with Crippen LogP contribution in [0.3, 0.4) is 0 Å². The van der Waals surface area contributed by atoms with Gasteiger partial charge in [-0.25, -0.2) is 9.59 Å². The summed E-state index contributed by atoms with van der Waals surface area (Å²) in [7, 11) is 0. The Morgan fingerprint density at radius 2 is 1.60 bits per heavy atom. The summed E-state index contributed by atoms with van der Waals surface area (Å²) in [5, 5.41) is 0. The van der Waals surface area contributed by atoms with Gasteiger partial charge < -0.3 is 0 Å². The van der Waals surface area contributed by atoms with Crippen molar-refractivity contribution >= 4 is 17.8 Å². The molecule has 1 unspecified atom stereocenters. The zero-order valence-corrected chi connectivity index (χ0v) is 10.7. The molecule has 0 saturated carbocycles. The van der Waals surface area contributed by atoms with Crippen molar-refractivity contribution in [2.24, 2.45) is 9.98 Å². The molecule has 0 spiro atoms. The van der Waals surface area contributed by atoms with Crippen molar-refractivity contribution < 1.29 is 9.59 Å². The van der Waals surface area contributed by atoms with E-state index in [1.54, 1.807) is 24.3 Å². The molecule has 0 saturated heterocycles. The molecule has 0 aliphatic heterocycles. The van der Waals surface area contributed by atoms with Gasteiger partial charge in [0.25, 0.3) is 0 Å².